The van der Waals surface area contributed by atoms with Gasteiger partial charge in [0.25, 0.3) is 5.91 Å². The highest BCUT2D eigenvalue weighted by atomic mass is 35.5. The fraction of sp³-hybridized carbons (Fsp3) is 0.320. The van der Waals surface area contributed by atoms with Gasteiger partial charge in [0.1, 0.15) is 0 Å². The Morgan fingerprint density at radius 1 is 1.12 bits per heavy atom. The molecule has 0 saturated carbocycles. The minimum atomic E-state index is -0.254. The van der Waals surface area contributed by atoms with Crippen LogP contribution in [0.4, 0.5) is 5.13 Å². The highest BCUT2D eigenvalue weighted by Crippen LogP contribution is 2.31. The molecule has 1 aromatic heterocycles. The first-order valence-corrected chi connectivity index (χ1v) is 12.0. The van der Waals surface area contributed by atoms with E-state index in [-0.39, 0.29) is 17.7 Å². The van der Waals surface area contributed by atoms with Gasteiger partial charge in [0.2, 0.25) is 5.91 Å². The lowest BCUT2D eigenvalue weighted by Crippen LogP contribution is -2.43. The molecule has 32 heavy (non-hydrogen) atoms. The molecule has 166 valence electrons. The van der Waals surface area contributed by atoms with Gasteiger partial charge >= 0.3 is 0 Å². The summed E-state index contributed by atoms with van der Waals surface area (Å²) in [4.78, 5) is 32.2. The first-order valence-electron chi connectivity index (χ1n) is 10.7. The number of hydrogen-bond donors (Lipinski definition) is 1. The van der Waals surface area contributed by atoms with Crippen LogP contribution in [0, 0.1) is 26.7 Å². The Labute approximate surface area is 197 Å². The van der Waals surface area contributed by atoms with Crippen molar-refractivity contribution in [1.29, 1.82) is 0 Å². The maximum Gasteiger partial charge on any atom is 0.253 e. The van der Waals surface area contributed by atoms with Crippen LogP contribution in [-0.4, -0.2) is 34.8 Å². The summed E-state index contributed by atoms with van der Waals surface area (Å²) in [6, 6.07) is 11.2. The summed E-state index contributed by atoms with van der Waals surface area (Å²) >= 11 is 7.35. The molecule has 4 rings (SSSR count). The number of amides is 2. The Hall–Kier alpha value is -2.70. The third-order valence-corrected chi connectivity index (χ3v) is 6.85. The Balaban J connectivity index is 1.43. The molecule has 2 amide bonds. The van der Waals surface area contributed by atoms with Crippen molar-refractivity contribution in [3.05, 3.63) is 69.1 Å². The highest BCUT2D eigenvalue weighted by molar-refractivity contribution is 7.14. The van der Waals surface area contributed by atoms with Crippen molar-refractivity contribution in [2.75, 3.05) is 18.4 Å². The zero-order valence-corrected chi connectivity index (χ0v) is 20.0. The molecule has 1 atom stereocenters. The molecule has 1 unspecified atom stereocenters. The van der Waals surface area contributed by atoms with Crippen molar-refractivity contribution >= 4 is 39.9 Å². The van der Waals surface area contributed by atoms with E-state index in [1.807, 2.05) is 5.38 Å². The number of anilines is 1. The Kier molecular flexibility index (Phi) is 6.63. The van der Waals surface area contributed by atoms with Crippen molar-refractivity contribution in [3.8, 4) is 11.3 Å². The maximum atomic E-state index is 12.9. The van der Waals surface area contributed by atoms with Crippen LogP contribution in [0.2, 0.25) is 5.02 Å². The fourth-order valence-electron chi connectivity index (χ4n) is 4.39. The monoisotopic (exact) mass is 467 g/mol. The van der Waals surface area contributed by atoms with Crippen LogP contribution < -0.4 is 5.32 Å². The minimum absolute atomic E-state index is 0.0685. The van der Waals surface area contributed by atoms with E-state index >= 15 is 0 Å². The summed E-state index contributed by atoms with van der Waals surface area (Å²) in [6.45, 7) is 7.31. The molecule has 1 aliphatic heterocycles. The van der Waals surface area contributed by atoms with Gasteiger partial charge in [-0.3, -0.25) is 9.59 Å². The van der Waals surface area contributed by atoms with E-state index in [4.69, 9.17) is 11.6 Å². The van der Waals surface area contributed by atoms with Crippen molar-refractivity contribution < 1.29 is 9.59 Å². The average molecular weight is 468 g/mol. The second kappa shape index (κ2) is 9.43. The molecular weight excluding hydrogens is 442 g/mol. The number of likely N-dealkylation sites (tertiary alicyclic amines) is 1. The smallest absolute Gasteiger partial charge is 0.253 e. The standard InChI is InChI=1S/C25H26ClN3O2S/c1-15-11-16(2)22(17(3)12-15)21-14-32-25(27-21)28-23(30)19-5-4-10-29(13-19)24(31)18-6-8-20(26)9-7-18/h6-9,11-12,14,19H,4-5,10,13H2,1-3H3,(H,27,28,30). The molecule has 2 aromatic carbocycles. The number of hydrogen-bond acceptors (Lipinski definition) is 4. The molecule has 0 aliphatic carbocycles. The van der Waals surface area contributed by atoms with Crippen LogP contribution in [0.3, 0.4) is 0 Å². The summed E-state index contributed by atoms with van der Waals surface area (Å²) < 4.78 is 0. The first-order chi connectivity index (χ1) is 15.3. The number of aromatic nitrogens is 1. The third kappa shape index (κ3) is 4.87. The summed E-state index contributed by atoms with van der Waals surface area (Å²) in [5.74, 6) is -0.409. The normalized spacial score (nSPS) is 16.1. The van der Waals surface area contributed by atoms with Gasteiger partial charge in [-0.15, -0.1) is 11.3 Å². The molecule has 5 nitrogen and oxygen atoms in total. The molecule has 0 spiro atoms. The van der Waals surface area contributed by atoms with Crippen molar-refractivity contribution in [2.45, 2.75) is 33.6 Å². The van der Waals surface area contributed by atoms with Crippen LogP contribution in [0.1, 0.15) is 39.9 Å². The molecule has 7 heteroatoms. The number of aryl methyl sites for hydroxylation is 3. The number of nitrogens with zero attached hydrogens (tertiary/aromatic N) is 2. The number of halogens is 1. The second-order valence-corrected chi connectivity index (χ2v) is 9.69. The van der Waals surface area contributed by atoms with Gasteiger partial charge in [0.15, 0.2) is 5.13 Å². The lowest BCUT2D eigenvalue weighted by Gasteiger charge is -2.32. The Morgan fingerprint density at radius 2 is 1.81 bits per heavy atom. The van der Waals surface area contributed by atoms with Crippen molar-refractivity contribution in [2.24, 2.45) is 5.92 Å². The number of carbonyl (C=O) groups is 2. The van der Waals surface area contributed by atoms with E-state index in [0.717, 1.165) is 24.1 Å². The first kappa shape index (κ1) is 22.5. The number of thiazole rings is 1. The molecular formula is C25H26ClN3O2S. The van der Waals surface area contributed by atoms with Gasteiger partial charge < -0.3 is 10.2 Å². The van der Waals surface area contributed by atoms with Crippen LogP contribution in [0.5, 0.6) is 0 Å². The van der Waals surface area contributed by atoms with Crippen LogP contribution in [-0.2, 0) is 4.79 Å². The van der Waals surface area contributed by atoms with Crippen molar-refractivity contribution in [3.63, 3.8) is 0 Å². The molecule has 1 N–H and O–H groups in total. The summed E-state index contributed by atoms with van der Waals surface area (Å²) in [5.41, 5.74) is 6.16. The largest absolute Gasteiger partial charge is 0.338 e. The maximum absolute atomic E-state index is 12.9. The quantitative estimate of drug-likeness (QED) is 0.521. The lowest BCUT2D eigenvalue weighted by molar-refractivity contribution is -0.121. The lowest BCUT2D eigenvalue weighted by atomic mass is 9.96. The second-order valence-electron chi connectivity index (χ2n) is 8.40. The zero-order chi connectivity index (χ0) is 22.8. The topological polar surface area (TPSA) is 62.3 Å². The number of rotatable bonds is 4. The molecule has 0 radical (unpaired) electrons. The SMILES string of the molecule is Cc1cc(C)c(-c2csc(NC(=O)C3CCCN(C(=O)c4ccc(Cl)cc4)C3)n2)c(C)c1. The van der Waals surface area contributed by atoms with Crippen LogP contribution >= 0.6 is 22.9 Å². The van der Waals surface area contributed by atoms with Gasteiger partial charge in [-0.1, -0.05) is 29.3 Å². The zero-order valence-electron chi connectivity index (χ0n) is 18.4. The van der Waals surface area contributed by atoms with E-state index in [2.05, 4.69) is 43.2 Å². The molecule has 3 aromatic rings. The molecule has 0 bridgehead atoms. The van der Waals surface area contributed by atoms with Gasteiger partial charge in [-0.05, 0) is 69.0 Å². The summed E-state index contributed by atoms with van der Waals surface area (Å²) in [5, 5.41) is 6.14. The van der Waals surface area contributed by atoms with Gasteiger partial charge in [-0.2, -0.15) is 0 Å². The van der Waals surface area contributed by atoms with Gasteiger partial charge in [0.05, 0.1) is 11.6 Å². The number of benzene rings is 2. The third-order valence-electron chi connectivity index (χ3n) is 5.84. The number of carbonyl (C=O) groups excluding carboxylic acids is 2. The van der Waals surface area contributed by atoms with E-state index in [1.165, 1.54) is 28.0 Å². The van der Waals surface area contributed by atoms with E-state index < -0.39 is 0 Å². The predicted molar refractivity (Wildman–Crippen MR) is 130 cm³/mol. The average Bonchev–Trinajstić information content (AvgIpc) is 3.21. The van der Waals surface area contributed by atoms with E-state index in [1.54, 1.807) is 29.2 Å². The molecule has 2 heterocycles. The number of piperidine rings is 1. The van der Waals surface area contributed by atoms with Gasteiger partial charge in [-0.25, -0.2) is 4.98 Å². The summed E-state index contributed by atoms with van der Waals surface area (Å²) in [6.07, 6.45) is 1.55. The van der Waals surface area contributed by atoms with Gasteiger partial charge in [0, 0.05) is 34.6 Å². The van der Waals surface area contributed by atoms with E-state index in [0.29, 0.717) is 28.8 Å². The Bertz CT molecular complexity index is 1130. The predicted octanol–water partition coefficient (Wildman–Crippen LogP) is 5.88. The fourth-order valence-corrected chi connectivity index (χ4v) is 5.22. The molecule has 1 aliphatic rings. The van der Waals surface area contributed by atoms with Crippen LogP contribution in [0.15, 0.2) is 41.8 Å². The summed E-state index contributed by atoms with van der Waals surface area (Å²) in [7, 11) is 0. The van der Waals surface area contributed by atoms with Crippen LogP contribution in [0.25, 0.3) is 11.3 Å². The van der Waals surface area contributed by atoms with Crippen molar-refractivity contribution in [1.82, 2.24) is 9.88 Å². The number of nitrogens with one attached hydrogen (secondary N) is 1. The highest BCUT2D eigenvalue weighted by Gasteiger charge is 2.29. The Morgan fingerprint density at radius 3 is 2.50 bits per heavy atom. The molecule has 1 saturated heterocycles. The van der Waals surface area contributed by atoms with E-state index in [9.17, 15) is 9.59 Å². The molecule has 1 fully saturated rings. The minimum Gasteiger partial charge on any atom is -0.338 e.